The van der Waals surface area contributed by atoms with Gasteiger partial charge in [-0.15, -0.1) is 0 Å². The van der Waals surface area contributed by atoms with Crippen molar-refractivity contribution in [3.05, 3.63) is 42.5 Å². The Kier molecular flexibility index (Phi) is 4.50. The average molecular weight is 295 g/mol. The summed E-state index contributed by atoms with van der Waals surface area (Å²) >= 11 is 1.62. The van der Waals surface area contributed by atoms with Gasteiger partial charge >= 0.3 is 0 Å². The molecule has 0 saturated heterocycles. The summed E-state index contributed by atoms with van der Waals surface area (Å²) in [7, 11) is -3.47. The van der Waals surface area contributed by atoms with Crippen molar-refractivity contribution in [3.8, 4) is 0 Å². The van der Waals surface area contributed by atoms with Gasteiger partial charge in [-0.05, 0) is 24.6 Å². The van der Waals surface area contributed by atoms with E-state index in [1.54, 1.807) is 23.9 Å². The highest BCUT2D eigenvalue weighted by Crippen LogP contribution is 2.22. The molecule has 2 rings (SSSR count). The Hall–Kier alpha value is -1.04. The number of thioether (sulfide) groups is 1. The zero-order valence-electron chi connectivity index (χ0n) is 11.0. The molecule has 0 saturated carbocycles. The van der Waals surface area contributed by atoms with Crippen LogP contribution in [0.5, 0.6) is 0 Å². The highest BCUT2D eigenvalue weighted by Gasteiger charge is 2.19. The van der Waals surface area contributed by atoms with Gasteiger partial charge in [0.25, 0.3) is 0 Å². The molecule has 1 N–H and O–H groups in total. The number of hydrogen-bond donors (Lipinski definition) is 1. The van der Waals surface area contributed by atoms with E-state index in [1.807, 2.05) is 43.5 Å². The second-order valence-corrected chi connectivity index (χ2v) is 7.05. The van der Waals surface area contributed by atoms with Crippen molar-refractivity contribution >= 4 is 32.6 Å². The maximum atomic E-state index is 12.4. The van der Waals surface area contributed by atoms with Crippen LogP contribution in [0.4, 0.5) is 0 Å². The number of hydrogen-bond acceptors (Lipinski definition) is 3. The normalized spacial score (nSPS) is 13.6. The highest BCUT2D eigenvalue weighted by molar-refractivity contribution is 7.98. The molecule has 0 fully saturated rings. The molecule has 0 aromatic heterocycles. The Morgan fingerprint density at radius 1 is 1.16 bits per heavy atom. The van der Waals surface area contributed by atoms with Crippen LogP contribution in [0.25, 0.3) is 10.8 Å². The maximum absolute atomic E-state index is 12.4. The minimum absolute atomic E-state index is 0.0843. The van der Waals surface area contributed by atoms with Crippen molar-refractivity contribution in [2.75, 3.05) is 12.0 Å². The third-order valence-corrected chi connectivity index (χ3v) is 5.29. The van der Waals surface area contributed by atoms with Crippen molar-refractivity contribution in [3.63, 3.8) is 0 Å². The molecule has 0 radical (unpaired) electrons. The molecule has 2 aromatic carbocycles. The van der Waals surface area contributed by atoms with Gasteiger partial charge in [-0.3, -0.25) is 0 Å². The van der Waals surface area contributed by atoms with Gasteiger partial charge in [-0.2, -0.15) is 11.8 Å². The van der Waals surface area contributed by atoms with E-state index in [0.29, 0.717) is 4.90 Å². The van der Waals surface area contributed by atoms with E-state index in [-0.39, 0.29) is 6.04 Å². The zero-order valence-corrected chi connectivity index (χ0v) is 12.6. The van der Waals surface area contributed by atoms with Crippen molar-refractivity contribution in [2.24, 2.45) is 0 Å². The van der Waals surface area contributed by atoms with E-state index in [2.05, 4.69) is 4.72 Å². The first-order valence-electron chi connectivity index (χ1n) is 6.03. The molecule has 0 aliphatic rings. The van der Waals surface area contributed by atoms with Gasteiger partial charge in [0.05, 0.1) is 4.90 Å². The Labute approximate surface area is 118 Å². The van der Waals surface area contributed by atoms with Crippen LogP contribution in [0.2, 0.25) is 0 Å². The van der Waals surface area contributed by atoms with E-state index >= 15 is 0 Å². The molecule has 19 heavy (non-hydrogen) atoms. The molecule has 1 unspecified atom stereocenters. The lowest BCUT2D eigenvalue weighted by molar-refractivity contribution is 0.572. The van der Waals surface area contributed by atoms with Crippen LogP contribution >= 0.6 is 11.8 Å². The van der Waals surface area contributed by atoms with Crippen molar-refractivity contribution in [1.82, 2.24) is 4.72 Å². The summed E-state index contributed by atoms with van der Waals surface area (Å²) in [6, 6.07) is 12.8. The van der Waals surface area contributed by atoms with Crippen LogP contribution in [-0.2, 0) is 10.0 Å². The fourth-order valence-electron chi connectivity index (χ4n) is 2.04. The Bertz CT molecular complexity index is 663. The molecular weight excluding hydrogens is 278 g/mol. The molecule has 1 atom stereocenters. The van der Waals surface area contributed by atoms with Gasteiger partial charge < -0.3 is 0 Å². The number of rotatable bonds is 5. The van der Waals surface area contributed by atoms with Crippen LogP contribution in [0.15, 0.2) is 47.4 Å². The number of nitrogens with one attached hydrogen (secondary N) is 1. The van der Waals surface area contributed by atoms with E-state index < -0.39 is 10.0 Å². The number of sulfonamides is 1. The lowest BCUT2D eigenvalue weighted by Crippen LogP contribution is -2.34. The Morgan fingerprint density at radius 2 is 1.84 bits per heavy atom. The standard InChI is InChI=1S/C14H17NO2S2/c1-11(10-18-2)15-19(16,17)14-9-5-7-12-6-3-4-8-13(12)14/h3-9,11,15H,10H2,1-2H3. The van der Waals surface area contributed by atoms with Gasteiger partial charge in [-0.25, -0.2) is 13.1 Å². The third-order valence-electron chi connectivity index (χ3n) is 2.81. The maximum Gasteiger partial charge on any atom is 0.241 e. The molecule has 3 nitrogen and oxygen atoms in total. The van der Waals surface area contributed by atoms with Crippen LogP contribution < -0.4 is 4.72 Å². The highest BCUT2D eigenvalue weighted by atomic mass is 32.2. The molecular formula is C14H17NO2S2. The van der Waals surface area contributed by atoms with Crippen molar-refractivity contribution < 1.29 is 8.42 Å². The van der Waals surface area contributed by atoms with Gasteiger partial charge in [0.2, 0.25) is 10.0 Å². The van der Waals surface area contributed by atoms with Crippen molar-refractivity contribution in [1.29, 1.82) is 0 Å². The van der Waals surface area contributed by atoms with E-state index in [1.165, 1.54) is 0 Å². The minimum atomic E-state index is -3.47. The minimum Gasteiger partial charge on any atom is -0.208 e. The van der Waals surface area contributed by atoms with Crippen LogP contribution in [0.1, 0.15) is 6.92 Å². The van der Waals surface area contributed by atoms with Gasteiger partial charge in [0.1, 0.15) is 0 Å². The lowest BCUT2D eigenvalue weighted by atomic mass is 10.1. The fourth-order valence-corrected chi connectivity index (χ4v) is 4.20. The molecule has 0 heterocycles. The molecule has 0 aliphatic carbocycles. The predicted octanol–water partition coefficient (Wildman–Crippen LogP) is 2.87. The predicted molar refractivity (Wildman–Crippen MR) is 82.1 cm³/mol. The summed E-state index contributed by atoms with van der Waals surface area (Å²) in [6.07, 6.45) is 1.96. The van der Waals surface area contributed by atoms with E-state index in [0.717, 1.165) is 16.5 Å². The number of benzene rings is 2. The Morgan fingerprint density at radius 3 is 2.58 bits per heavy atom. The molecule has 0 aliphatic heterocycles. The van der Waals surface area contributed by atoms with Crippen LogP contribution in [0.3, 0.4) is 0 Å². The summed E-state index contributed by atoms with van der Waals surface area (Å²) in [5.41, 5.74) is 0. The van der Waals surface area contributed by atoms with Crippen LogP contribution in [-0.4, -0.2) is 26.5 Å². The summed E-state index contributed by atoms with van der Waals surface area (Å²) in [5.74, 6) is 0.754. The van der Waals surface area contributed by atoms with Gasteiger partial charge in [0.15, 0.2) is 0 Å². The topological polar surface area (TPSA) is 46.2 Å². The quantitative estimate of drug-likeness (QED) is 0.922. The van der Waals surface area contributed by atoms with E-state index in [9.17, 15) is 8.42 Å². The zero-order chi connectivity index (χ0) is 13.9. The summed E-state index contributed by atoms with van der Waals surface area (Å²) in [5, 5.41) is 1.69. The largest absolute Gasteiger partial charge is 0.241 e. The summed E-state index contributed by atoms with van der Waals surface area (Å²) in [4.78, 5) is 0.346. The lowest BCUT2D eigenvalue weighted by Gasteiger charge is -2.14. The first-order valence-corrected chi connectivity index (χ1v) is 8.91. The third kappa shape index (κ3) is 3.29. The number of fused-ring (bicyclic) bond motifs is 1. The Balaban J connectivity index is 2.43. The summed E-state index contributed by atoms with van der Waals surface area (Å²) in [6.45, 7) is 1.87. The first-order chi connectivity index (χ1) is 9.04. The smallest absolute Gasteiger partial charge is 0.208 e. The summed E-state index contributed by atoms with van der Waals surface area (Å²) < 4.78 is 27.5. The fraction of sp³-hybridized carbons (Fsp3) is 0.286. The van der Waals surface area contributed by atoms with E-state index in [4.69, 9.17) is 0 Å². The van der Waals surface area contributed by atoms with Gasteiger partial charge in [-0.1, -0.05) is 36.4 Å². The molecule has 0 bridgehead atoms. The molecule has 2 aromatic rings. The molecule has 5 heteroatoms. The first kappa shape index (κ1) is 14.4. The molecule has 0 amide bonds. The van der Waals surface area contributed by atoms with Gasteiger partial charge in [0, 0.05) is 17.2 Å². The monoisotopic (exact) mass is 295 g/mol. The molecule has 102 valence electrons. The van der Waals surface area contributed by atoms with Crippen molar-refractivity contribution in [2.45, 2.75) is 17.9 Å². The second-order valence-electron chi connectivity index (χ2n) is 4.45. The molecule has 0 spiro atoms. The second kappa shape index (κ2) is 5.94. The average Bonchev–Trinajstić information content (AvgIpc) is 2.37. The SMILES string of the molecule is CSCC(C)NS(=O)(=O)c1cccc2ccccc12. The van der Waals surface area contributed by atoms with Crippen LogP contribution in [0, 0.1) is 0 Å².